The molecule has 0 unspecified atom stereocenters. The van der Waals surface area contributed by atoms with E-state index in [4.69, 9.17) is 19.4 Å². The van der Waals surface area contributed by atoms with Crippen LogP contribution in [0.4, 0.5) is 0 Å². The Kier molecular flexibility index (Phi) is 7.40. The second-order valence-electron chi connectivity index (χ2n) is 13.3. The van der Waals surface area contributed by atoms with Gasteiger partial charge in [0.1, 0.15) is 34.6 Å². The summed E-state index contributed by atoms with van der Waals surface area (Å²) in [6, 6.07) is 44.8. The normalized spacial score (nSPS) is 11.5. The first-order valence-electron chi connectivity index (χ1n) is 17.8. The first kappa shape index (κ1) is 31.4. The van der Waals surface area contributed by atoms with Crippen LogP contribution < -0.4 is 9.47 Å². The van der Waals surface area contributed by atoms with Crippen molar-refractivity contribution in [2.45, 2.75) is 13.8 Å². The van der Waals surface area contributed by atoms with Crippen molar-refractivity contribution in [1.29, 1.82) is 0 Å². The summed E-state index contributed by atoms with van der Waals surface area (Å²) in [4.78, 5) is 18.6. The predicted molar refractivity (Wildman–Crippen MR) is 214 cm³/mol. The van der Waals surface area contributed by atoms with Gasteiger partial charge in [0.25, 0.3) is 0 Å². The first-order chi connectivity index (χ1) is 26.6. The van der Waals surface area contributed by atoms with Gasteiger partial charge in [-0.25, -0.2) is 19.9 Å². The minimum absolute atomic E-state index is 0.565. The van der Waals surface area contributed by atoms with Gasteiger partial charge in [-0.3, -0.25) is 9.13 Å². The van der Waals surface area contributed by atoms with Gasteiger partial charge >= 0.3 is 0 Å². The van der Waals surface area contributed by atoms with Crippen LogP contribution in [0.2, 0.25) is 0 Å². The van der Waals surface area contributed by atoms with E-state index in [1.165, 1.54) is 0 Å². The van der Waals surface area contributed by atoms with Crippen LogP contribution in [0.3, 0.4) is 0 Å². The maximum Gasteiger partial charge on any atom is 0.159 e. The lowest BCUT2D eigenvalue weighted by Crippen LogP contribution is -2.00. The third-order valence-corrected chi connectivity index (χ3v) is 9.85. The smallest absolute Gasteiger partial charge is 0.159 e. The fraction of sp³-hybridized carbons (Fsp3) is 0.0435. The summed E-state index contributed by atoms with van der Waals surface area (Å²) in [7, 11) is 0. The fourth-order valence-corrected chi connectivity index (χ4v) is 7.45. The summed E-state index contributed by atoms with van der Waals surface area (Å²) >= 11 is 0. The quantitative estimate of drug-likeness (QED) is 0.165. The molecule has 0 aliphatic heterocycles. The average molecular weight is 701 g/mol. The van der Waals surface area contributed by atoms with E-state index < -0.39 is 0 Å². The van der Waals surface area contributed by atoms with Crippen LogP contribution in [0.15, 0.2) is 158 Å². The minimum Gasteiger partial charge on any atom is -0.457 e. The number of para-hydroxylation sites is 2. The third kappa shape index (κ3) is 5.31. The van der Waals surface area contributed by atoms with Gasteiger partial charge in [-0.15, -0.1) is 0 Å². The molecule has 10 rings (SSSR count). The summed E-state index contributed by atoms with van der Waals surface area (Å²) < 4.78 is 17.7. The molecule has 0 aliphatic rings. The minimum atomic E-state index is 0.565. The molecule has 8 heteroatoms. The van der Waals surface area contributed by atoms with Crippen LogP contribution in [-0.4, -0.2) is 29.1 Å². The van der Waals surface area contributed by atoms with Gasteiger partial charge in [0.2, 0.25) is 0 Å². The van der Waals surface area contributed by atoms with E-state index in [9.17, 15) is 0 Å². The Labute approximate surface area is 310 Å². The molecule has 8 nitrogen and oxygen atoms in total. The van der Waals surface area contributed by atoms with Gasteiger partial charge in [0.05, 0.1) is 22.1 Å². The Balaban J connectivity index is 1.08. The van der Waals surface area contributed by atoms with Crippen LogP contribution in [0.5, 0.6) is 23.0 Å². The molecular weight excluding hydrogens is 669 g/mol. The zero-order valence-electron chi connectivity index (χ0n) is 29.5. The number of fused-ring (bicyclic) bond motifs is 6. The third-order valence-electron chi connectivity index (χ3n) is 9.85. The number of rotatable bonds is 7. The number of nitrogens with zero attached hydrogens (tertiary/aromatic N) is 6. The Morgan fingerprint density at radius 3 is 1.35 bits per heavy atom. The first-order valence-corrected chi connectivity index (χ1v) is 17.8. The molecule has 0 radical (unpaired) electrons. The maximum absolute atomic E-state index is 6.66. The van der Waals surface area contributed by atoms with E-state index in [-0.39, 0.29) is 0 Å². The van der Waals surface area contributed by atoms with Crippen LogP contribution in [0, 0.1) is 13.8 Å². The number of ether oxygens (including phenoxy) is 2. The molecule has 0 bridgehead atoms. The van der Waals surface area contributed by atoms with E-state index in [2.05, 4.69) is 118 Å². The van der Waals surface area contributed by atoms with Crippen LogP contribution in [0.1, 0.15) is 11.1 Å². The van der Waals surface area contributed by atoms with Gasteiger partial charge < -0.3 is 9.47 Å². The molecule has 5 aromatic heterocycles. The lowest BCUT2D eigenvalue weighted by Gasteiger charge is -2.14. The second kappa shape index (κ2) is 12.7. The van der Waals surface area contributed by atoms with Crippen molar-refractivity contribution in [1.82, 2.24) is 29.1 Å². The zero-order valence-corrected chi connectivity index (χ0v) is 29.5. The summed E-state index contributed by atoms with van der Waals surface area (Å²) in [5.74, 6) is 4.86. The summed E-state index contributed by atoms with van der Waals surface area (Å²) in [6.45, 7) is 4.16. The lowest BCUT2D eigenvalue weighted by molar-refractivity contribution is 0.461. The van der Waals surface area contributed by atoms with Crippen molar-refractivity contribution < 1.29 is 9.47 Å². The summed E-state index contributed by atoms with van der Waals surface area (Å²) in [5.41, 5.74) is 7.10. The topological polar surface area (TPSA) is 79.9 Å². The molecule has 0 fully saturated rings. The average Bonchev–Trinajstić information content (AvgIpc) is 3.70. The Morgan fingerprint density at radius 1 is 0.389 bits per heavy atom. The highest BCUT2D eigenvalue weighted by Gasteiger charge is 2.18. The molecule has 54 heavy (non-hydrogen) atoms. The van der Waals surface area contributed by atoms with E-state index in [1.807, 2.05) is 54.9 Å². The lowest BCUT2D eigenvalue weighted by atomic mass is 10.1. The Hall–Kier alpha value is -7.32. The zero-order chi connectivity index (χ0) is 36.2. The van der Waals surface area contributed by atoms with E-state index in [0.717, 1.165) is 71.9 Å². The molecule has 0 saturated carbocycles. The van der Waals surface area contributed by atoms with Gasteiger partial charge in [0.15, 0.2) is 5.82 Å². The largest absolute Gasteiger partial charge is 0.457 e. The van der Waals surface area contributed by atoms with Crippen molar-refractivity contribution in [3.63, 3.8) is 0 Å². The second-order valence-corrected chi connectivity index (χ2v) is 13.3. The van der Waals surface area contributed by atoms with E-state index in [0.29, 0.717) is 28.8 Å². The number of aromatic nitrogens is 6. The van der Waals surface area contributed by atoms with Gasteiger partial charge in [-0.1, -0.05) is 48.5 Å². The van der Waals surface area contributed by atoms with Crippen molar-refractivity contribution in [3.8, 4) is 46.0 Å². The maximum atomic E-state index is 6.66. The molecule has 0 saturated heterocycles. The van der Waals surface area contributed by atoms with E-state index >= 15 is 0 Å². The fourth-order valence-electron chi connectivity index (χ4n) is 7.45. The summed E-state index contributed by atoms with van der Waals surface area (Å²) in [5, 5.41) is 4.54. The van der Waals surface area contributed by atoms with Crippen molar-refractivity contribution >= 4 is 43.6 Å². The summed E-state index contributed by atoms with van der Waals surface area (Å²) in [6.07, 6.45) is 7.13. The van der Waals surface area contributed by atoms with Gasteiger partial charge in [-0.05, 0) is 91.7 Å². The highest BCUT2D eigenvalue weighted by Crippen LogP contribution is 2.39. The van der Waals surface area contributed by atoms with Gasteiger partial charge in [0, 0.05) is 70.1 Å². The number of benzene rings is 5. The number of pyridine rings is 2. The standard InChI is InChI=1S/C46H32N6O2/c1-29-10-7-20-49-45(29)51-40-14-5-3-12-36(40)38-18-16-32(27-42(38)51)53-34-24-31(44-47-22-9-23-48-44)25-35(26-34)54-33-17-19-39-37-13-4-6-15-41(37)52(43(39)28-33)46-30(2)11-8-21-50-46/h3-28H,1-2H3. The van der Waals surface area contributed by atoms with Crippen LogP contribution in [0.25, 0.3) is 66.6 Å². The molecule has 0 aliphatic carbocycles. The molecule has 0 amide bonds. The molecule has 5 heterocycles. The Morgan fingerprint density at radius 2 is 0.852 bits per heavy atom. The Bertz CT molecular complexity index is 2860. The monoisotopic (exact) mass is 700 g/mol. The molecule has 258 valence electrons. The van der Waals surface area contributed by atoms with Crippen molar-refractivity contribution in [2.75, 3.05) is 0 Å². The predicted octanol–water partition coefficient (Wildman–Crippen LogP) is 11.3. The number of hydrogen-bond donors (Lipinski definition) is 0. The van der Waals surface area contributed by atoms with Crippen molar-refractivity contribution in [2.24, 2.45) is 0 Å². The number of aryl methyl sites for hydroxylation is 2. The highest BCUT2D eigenvalue weighted by atomic mass is 16.5. The molecule has 10 aromatic rings. The highest BCUT2D eigenvalue weighted by molar-refractivity contribution is 6.10. The van der Waals surface area contributed by atoms with E-state index in [1.54, 1.807) is 18.5 Å². The van der Waals surface area contributed by atoms with Gasteiger partial charge in [-0.2, -0.15) is 0 Å². The molecular formula is C46H32N6O2. The molecule has 0 N–H and O–H groups in total. The van der Waals surface area contributed by atoms with Crippen LogP contribution in [-0.2, 0) is 0 Å². The molecule has 0 spiro atoms. The van der Waals surface area contributed by atoms with Crippen LogP contribution >= 0.6 is 0 Å². The molecule has 0 atom stereocenters. The SMILES string of the molecule is Cc1cccnc1-n1c2ccccc2c2ccc(Oc3cc(Oc4ccc5c6ccccc6n(-c6ncccc6C)c5c4)cc(-c4ncccn4)c3)cc21. The number of hydrogen-bond acceptors (Lipinski definition) is 6. The molecule has 5 aromatic carbocycles. The van der Waals surface area contributed by atoms with Crippen molar-refractivity contribution in [3.05, 3.63) is 169 Å².